The Morgan fingerprint density at radius 3 is 2.30 bits per heavy atom. The quantitative estimate of drug-likeness (QED) is 0.359. The van der Waals surface area contributed by atoms with Crippen molar-refractivity contribution in [3.63, 3.8) is 0 Å². The smallest absolute Gasteiger partial charge is 0.251 e. The molecule has 6 rings (SSSR count). The summed E-state index contributed by atoms with van der Waals surface area (Å²) in [6.45, 7) is 2.18. The van der Waals surface area contributed by atoms with E-state index in [9.17, 15) is 4.79 Å². The molecule has 1 amide bonds. The maximum atomic E-state index is 13.9. The van der Waals surface area contributed by atoms with E-state index in [1.165, 1.54) is 22.1 Å². The zero-order valence-corrected chi connectivity index (χ0v) is 18.9. The zero-order chi connectivity index (χ0) is 22.4. The van der Waals surface area contributed by atoms with Gasteiger partial charge in [0, 0.05) is 22.0 Å². The highest BCUT2D eigenvalue weighted by atomic mass is 16.2. The predicted molar refractivity (Wildman–Crippen MR) is 134 cm³/mol. The normalized spacial score (nSPS) is 19.2. The average molecular weight is 433 g/mol. The molecule has 2 aliphatic rings. The number of carbonyl (C=O) groups excluding carboxylic acids is 1. The van der Waals surface area contributed by atoms with Crippen molar-refractivity contribution >= 4 is 16.8 Å². The van der Waals surface area contributed by atoms with E-state index < -0.39 is 0 Å². The number of carbonyl (C=O) groups is 1. The van der Waals surface area contributed by atoms with Gasteiger partial charge in [-0.2, -0.15) is 0 Å². The van der Waals surface area contributed by atoms with E-state index in [1.807, 2.05) is 6.07 Å². The molecule has 0 unspecified atom stereocenters. The lowest BCUT2D eigenvalue weighted by Crippen LogP contribution is -2.33. The van der Waals surface area contributed by atoms with Crippen molar-refractivity contribution in [3.05, 3.63) is 107 Å². The molecule has 3 nitrogen and oxygen atoms in total. The lowest BCUT2D eigenvalue weighted by molar-refractivity contribution is -0.129. The fraction of sp³-hybridized carbons (Fsp3) is 0.233. The van der Waals surface area contributed by atoms with Crippen molar-refractivity contribution in [2.24, 2.45) is 0 Å². The predicted octanol–water partition coefficient (Wildman–Crippen LogP) is 7.35. The van der Waals surface area contributed by atoms with Gasteiger partial charge in [-0.3, -0.25) is 4.79 Å². The van der Waals surface area contributed by atoms with Crippen LogP contribution in [-0.4, -0.2) is 15.8 Å². The molecule has 1 aromatic heterocycles. The molecule has 0 fully saturated rings. The Morgan fingerprint density at radius 1 is 0.848 bits per heavy atom. The summed E-state index contributed by atoms with van der Waals surface area (Å²) in [6.07, 6.45) is 4.15. The van der Waals surface area contributed by atoms with Crippen LogP contribution >= 0.6 is 0 Å². The standard InChI is InChI=1S/C30H28N2O/c1-20(21-12-4-2-5-13-21)32-29(23-16-8-9-17-24(23)30(32)33)27-25-18-10-11-19-26(25)31-28(27)22-14-6-3-7-15-22/h2-7,10-15,18-20,29,31H,8-9,16-17H2,1H3/t20-,29-/m0/s1. The molecule has 1 aliphatic heterocycles. The van der Waals surface area contributed by atoms with E-state index in [4.69, 9.17) is 0 Å². The number of rotatable bonds is 4. The van der Waals surface area contributed by atoms with Crippen molar-refractivity contribution in [2.75, 3.05) is 0 Å². The lowest BCUT2D eigenvalue weighted by Gasteiger charge is -2.34. The van der Waals surface area contributed by atoms with E-state index in [0.717, 1.165) is 48.0 Å². The zero-order valence-electron chi connectivity index (χ0n) is 18.9. The second-order valence-corrected chi connectivity index (χ2v) is 9.24. The number of benzene rings is 3. The topological polar surface area (TPSA) is 36.1 Å². The summed E-state index contributed by atoms with van der Waals surface area (Å²) in [4.78, 5) is 19.8. The Labute approximate surface area is 194 Å². The minimum Gasteiger partial charge on any atom is -0.354 e. The van der Waals surface area contributed by atoms with Gasteiger partial charge >= 0.3 is 0 Å². The van der Waals surface area contributed by atoms with Crippen molar-refractivity contribution in [1.82, 2.24) is 9.88 Å². The van der Waals surface area contributed by atoms with Crippen LogP contribution in [0.4, 0.5) is 0 Å². The number of nitrogens with zero attached hydrogens (tertiary/aromatic N) is 1. The van der Waals surface area contributed by atoms with Gasteiger partial charge in [0.2, 0.25) is 0 Å². The molecule has 164 valence electrons. The van der Waals surface area contributed by atoms with Gasteiger partial charge in [0.1, 0.15) is 0 Å². The van der Waals surface area contributed by atoms with Crippen LogP contribution in [-0.2, 0) is 4.79 Å². The van der Waals surface area contributed by atoms with Gasteiger partial charge in [0.25, 0.3) is 5.91 Å². The molecule has 0 saturated heterocycles. The largest absolute Gasteiger partial charge is 0.354 e. The first kappa shape index (κ1) is 20.0. The van der Waals surface area contributed by atoms with Crippen LogP contribution in [0.2, 0.25) is 0 Å². The molecule has 3 aromatic carbocycles. The summed E-state index contributed by atoms with van der Waals surface area (Å²) in [5, 5.41) is 1.21. The Hall–Kier alpha value is -3.59. The van der Waals surface area contributed by atoms with Crippen molar-refractivity contribution < 1.29 is 4.79 Å². The summed E-state index contributed by atoms with van der Waals surface area (Å²) in [5.74, 6) is 0.218. The summed E-state index contributed by atoms with van der Waals surface area (Å²) in [7, 11) is 0. The van der Waals surface area contributed by atoms with Gasteiger partial charge in [-0.15, -0.1) is 0 Å². The minimum absolute atomic E-state index is 0.00779. The van der Waals surface area contributed by atoms with Crippen LogP contribution in [0.25, 0.3) is 22.2 Å². The van der Waals surface area contributed by atoms with E-state index in [0.29, 0.717) is 0 Å². The number of aromatic nitrogens is 1. The number of hydrogen-bond acceptors (Lipinski definition) is 1. The van der Waals surface area contributed by atoms with Crippen molar-refractivity contribution in [1.29, 1.82) is 0 Å². The van der Waals surface area contributed by atoms with Crippen LogP contribution < -0.4 is 0 Å². The van der Waals surface area contributed by atoms with Crippen LogP contribution in [0.15, 0.2) is 96.1 Å². The first-order valence-electron chi connectivity index (χ1n) is 12.0. The third-order valence-electron chi connectivity index (χ3n) is 7.39. The van der Waals surface area contributed by atoms with Gasteiger partial charge in [0.15, 0.2) is 0 Å². The van der Waals surface area contributed by atoms with Gasteiger partial charge in [-0.1, -0.05) is 78.9 Å². The molecule has 3 heteroatoms. The first-order valence-corrected chi connectivity index (χ1v) is 12.0. The van der Waals surface area contributed by atoms with Crippen molar-refractivity contribution in [3.8, 4) is 11.3 Å². The fourth-order valence-corrected chi connectivity index (χ4v) is 5.80. The number of aromatic amines is 1. The Balaban J connectivity index is 1.60. The molecule has 4 aromatic rings. The van der Waals surface area contributed by atoms with Crippen LogP contribution in [0.1, 0.15) is 55.8 Å². The molecule has 1 aliphatic carbocycles. The summed E-state index contributed by atoms with van der Waals surface area (Å²) < 4.78 is 0. The maximum absolute atomic E-state index is 13.9. The van der Waals surface area contributed by atoms with E-state index in [2.05, 4.69) is 95.7 Å². The minimum atomic E-state index is -0.0469. The average Bonchev–Trinajstić information content (AvgIpc) is 3.40. The first-order chi connectivity index (χ1) is 16.2. The second kappa shape index (κ2) is 8.08. The van der Waals surface area contributed by atoms with Crippen LogP contribution in [0, 0.1) is 0 Å². The molecule has 33 heavy (non-hydrogen) atoms. The van der Waals surface area contributed by atoms with Gasteiger partial charge in [-0.25, -0.2) is 0 Å². The maximum Gasteiger partial charge on any atom is 0.251 e. The number of nitrogens with one attached hydrogen (secondary N) is 1. The Kier molecular flexibility index (Phi) is 4.91. The van der Waals surface area contributed by atoms with Gasteiger partial charge in [0.05, 0.1) is 17.8 Å². The Bertz CT molecular complexity index is 1350. The highest BCUT2D eigenvalue weighted by Gasteiger charge is 2.44. The highest BCUT2D eigenvalue weighted by Crippen LogP contribution is 2.51. The van der Waals surface area contributed by atoms with Gasteiger partial charge < -0.3 is 9.88 Å². The SMILES string of the molecule is C[C@@H](c1ccccc1)N1C(=O)C2=C(CCCC2)[C@H]1c1c(-c2ccccc2)[nH]c2ccccc12. The number of para-hydroxylation sites is 1. The molecule has 1 N–H and O–H groups in total. The van der Waals surface area contributed by atoms with Gasteiger partial charge in [-0.05, 0) is 55.4 Å². The summed E-state index contributed by atoms with van der Waals surface area (Å²) >= 11 is 0. The monoisotopic (exact) mass is 432 g/mol. The van der Waals surface area contributed by atoms with E-state index >= 15 is 0 Å². The number of hydrogen-bond donors (Lipinski definition) is 1. The van der Waals surface area contributed by atoms with Crippen LogP contribution in [0.5, 0.6) is 0 Å². The molecule has 0 saturated carbocycles. The number of H-pyrrole nitrogens is 1. The Morgan fingerprint density at radius 2 is 1.52 bits per heavy atom. The second-order valence-electron chi connectivity index (χ2n) is 9.24. The third-order valence-corrected chi connectivity index (χ3v) is 7.39. The summed E-state index contributed by atoms with van der Waals surface area (Å²) in [5.41, 5.74) is 8.20. The molecule has 0 spiro atoms. The van der Waals surface area contributed by atoms with E-state index in [-0.39, 0.29) is 18.0 Å². The highest BCUT2D eigenvalue weighted by molar-refractivity contribution is 6.01. The third kappa shape index (κ3) is 3.22. The molecule has 0 radical (unpaired) electrons. The molecular formula is C30H28N2O. The molecule has 0 bridgehead atoms. The van der Waals surface area contributed by atoms with E-state index in [1.54, 1.807) is 0 Å². The van der Waals surface area contributed by atoms with Crippen LogP contribution in [0.3, 0.4) is 0 Å². The molecule has 2 heterocycles. The molecular weight excluding hydrogens is 404 g/mol. The number of fused-ring (bicyclic) bond motifs is 1. The lowest BCUT2D eigenvalue weighted by atomic mass is 9.85. The van der Waals surface area contributed by atoms with Crippen molar-refractivity contribution in [2.45, 2.75) is 44.7 Å². The fourth-order valence-electron chi connectivity index (χ4n) is 5.80. The molecule has 2 atom stereocenters. The number of amides is 1. The summed E-state index contributed by atoms with van der Waals surface area (Å²) in [6, 6.07) is 29.4.